The first kappa shape index (κ1) is 20.4. The van der Waals surface area contributed by atoms with E-state index in [1.807, 2.05) is 14.1 Å². The topological polar surface area (TPSA) is 29.1 Å². The Balaban J connectivity index is 3.24. The minimum Gasteiger partial charge on any atom is -0.0872 e. The maximum atomic E-state index is 10.9. The number of unbranched alkanes of at least 4 members (excludes halogenated alkanes) is 11. The van der Waals surface area contributed by atoms with Gasteiger partial charge in [0.05, 0.1) is 4.79 Å². The van der Waals surface area contributed by atoms with E-state index in [-0.39, 0.29) is 5.97 Å². The molecule has 0 aliphatic rings. The molecule has 0 fully saturated rings. The molecule has 0 saturated heterocycles. The predicted molar refractivity (Wildman–Crippen MR) is 89.8 cm³/mol. The molecular weight excluding hydrogens is 262 g/mol. The van der Waals surface area contributed by atoms with Gasteiger partial charge in [0.2, 0.25) is 0 Å². The molecule has 0 saturated carbocycles. The van der Waals surface area contributed by atoms with Gasteiger partial charge in [0.25, 0.3) is 0 Å². The van der Waals surface area contributed by atoms with Crippen LogP contribution in [-0.4, -0.2) is 31.3 Å². The van der Waals surface area contributed by atoms with Crippen molar-refractivity contribution in [2.75, 3.05) is 20.6 Å². The molecule has 0 heterocycles. The van der Waals surface area contributed by atoms with Crippen molar-refractivity contribution in [1.29, 1.82) is 0 Å². The van der Waals surface area contributed by atoms with Crippen molar-refractivity contribution in [3.05, 3.63) is 0 Å². The highest BCUT2D eigenvalue weighted by Gasteiger charge is 2.28. The average Bonchev–Trinajstić information content (AvgIpc) is 2.38. The van der Waals surface area contributed by atoms with E-state index >= 15 is 0 Å². The summed E-state index contributed by atoms with van der Waals surface area (Å²) in [6.07, 6.45) is 16.3. The summed E-state index contributed by atoms with van der Waals surface area (Å²) >= 11 is 0. The lowest BCUT2D eigenvalue weighted by atomic mass is 10.1. The Bertz CT molecular complexity index is 252. The van der Waals surface area contributed by atoms with Crippen LogP contribution < -0.4 is 0 Å². The van der Waals surface area contributed by atoms with Crippen molar-refractivity contribution in [3.8, 4) is 0 Å². The highest BCUT2D eigenvalue weighted by molar-refractivity contribution is 5.65. The first-order valence-electron chi connectivity index (χ1n) is 9.01. The van der Waals surface area contributed by atoms with Gasteiger partial charge in [0.1, 0.15) is 27.6 Å². The molecular formula is C18H38NO2+2. The van der Waals surface area contributed by atoms with Crippen LogP contribution in [0.5, 0.6) is 0 Å². The third-order valence-corrected chi connectivity index (χ3v) is 3.93. The van der Waals surface area contributed by atoms with Gasteiger partial charge in [0, 0.05) is 6.42 Å². The normalized spacial score (nSPS) is 11.6. The zero-order valence-corrected chi connectivity index (χ0v) is 15.0. The van der Waals surface area contributed by atoms with Crippen molar-refractivity contribution in [2.24, 2.45) is 0 Å². The van der Waals surface area contributed by atoms with Crippen molar-refractivity contribution >= 4 is 5.97 Å². The van der Waals surface area contributed by atoms with E-state index in [1.54, 1.807) is 0 Å². The van der Waals surface area contributed by atoms with E-state index in [0.29, 0.717) is 4.65 Å². The summed E-state index contributed by atoms with van der Waals surface area (Å²) in [4.78, 5) is 16.2. The fourth-order valence-electron chi connectivity index (χ4n) is 2.73. The maximum Gasteiger partial charge on any atom is 0.635 e. The van der Waals surface area contributed by atoms with Gasteiger partial charge < -0.3 is 0 Å². The van der Waals surface area contributed by atoms with Gasteiger partial charge in [-0.05, 0) is 6.42 Å². The molecule has 0 atom stereocenters. The molecule has 0 unspecified atom stereocenters. The Morgan fingerprint density at radius 3 is 1.52 bits per heavy atom. The fraction of sp³-hybridized carbons (Fsp3) is 0.944. The first-order valence-corrected chi connectivity index (χ1v) is 9.01. The van der Waals surface area contributed by atoms with Crippen molar-refractivity contribution < 1.29 is 14.3 Å². The second-order valence-corrected chi connectivity index (χ2v) is 6.77. The van der Waals surface area contributed by atoms with Gasteiger partial charge in [-0.2, -0.15) is 0 Å². The molecule has 0 aliphatic carbocycles. The zero-order valence-electron chi connectivity index (χ0n) is 15.0. The van der Waals surface area contributed by atoms with Crippen LogP contribution in [0, 0.1) is 0 Å². The smallest absolute Gasteiger partial charge is 0.0872 e. The van der Waals surface area contributed by atoms with E-state index in [4.69, 9.17) is 4.84 Å². The molecule has 0 spiro atoms. The highest BCUT2D eigenvalue weighted by Crippen LogP contribution is 2.12. The molecule has 0 rings (SSSR count). The second-order valence-electron chi connectivity index (χ2n) is 6.77. The minimum absolute atomic E-state index is 0.195. The molecule has 125 valence electrons. The molecule has 0 N–H and O–H groups in total. The number of quaternary nitrogens is 1. The Morgan fingerprint density at radius 1 is 0.762 bits per heavy atom. The lowest BCUT2D eigenvalue weighted by Gasteiger charge is -2.17. The lowest BCUT2D eigenvalue weighted by molar-refractivity contribution is -1.06. The van der Waals surface area contributed by atoms with Crippen LogP contribution in [0.4, 0.5) is 0 Å². The third kappa shape index (κ3) is 15.6. The van der Waals surface area contributed by atoms with Crippen molar-refractivity contribution in [2.45, 2.75) is 90.9 Å². The molecule has 0 aliphatic heterocycles. The number of nitrogens with zero attached hydrogens (tertiary/aromatic N) is 1. The summed E-state index contributed by atoms with van der Waals surface area (Å²) in [5.74, 6) is -0.195. The molecule has 0 aromatic heterocycles. The standard InChI is InChI=1S/C18H38NO2/c1-5-6-7-8-9-10-11-12-13-14-15-16-17-19(3,4)21-18(2)20/h5-17H2,1-4H3/q+2. The summed E-state index contributed by atoms with van der Waals surface area (Å²) in [6.45, 7) is 4.66. The predicted octanol–water partition coefficient (Wildman–Crippen LogP) is 5.24. The summed E-state index contributed by atoms with van der Waals surface area (Å²) in [5.41, 5.74) is 0. The van der Waals surface area contributed by atoms with Crippen molar-refractivity contribution in [3.63, 3.8) is 0 Å². The zero-order chi connectivity index (χ0) is 16.0. The van der Waals surface area contributed by atoms with Gasteiger partial charge in [-0.15, -0.1) is 0 Å². The van der Waals surface area contributed by atoms with Crippen LogP contribution in [-0.2, 0) is 9.63 Å². The Morgan fingerprint density at radius 2 is 1.14 bits per heavy atom. The number of hydrogen-bond acceptors (Lipinski definition) is 2. The monoisotopic (exact) mass is 300 g/mol. The van der Waals surface area contributed by atoms with Gasteiger partial charge in [0.15, 0.2) is 0 Å². The van der Waals surface area contributed by atoms with Crippen LogP contribution >= 0.6 is 0 Å². The molecule has 3 heteroatoms. The second kappa shape index (κ2) is 13.1. The number of carbonyl (C=O) groups is 1. The van der Waals surface area contributed by atoms with E-state index in [2.05, 4.69) is 6.92 Å². The molecule has 0 aromatic rings. The summed E-state index contributed by atoms with van der Waals surface area (Å²) in [7, 11) is 3.89. The SMILES string of the molecule is CCCCCCCCCCCCCC[N+](C)(C)OC(C)=[O+]. The van der Waals surface area contributed by atoms with Crippen LogP contribution in [0.1, 0.15) is 90.9 Å². The summed E-state index contributed by atoms with van der Waals surface area (Å²) in [5, 5.41) is 0. The lowest BCUT2D eigenvalue weighted by Crippen LogP contribution is -2.41. The molecule has 1 radical (unpaired) electrons. The van der Waals surface area contributed by atoms with Crippen LogP contribution in [0.3, 0.4) is 0 Å². The molecule has 0 aromatic carbocycles. The van der Waals surface area contributed by atoms with Gasteiger partial charge in [-0.1, -0.05) is 80.6 Å². The summed E-state index contributed by atoms with van der Waals surface area (Å²) < 4.78 is 0.354. The molecule has 3 nitrogen and oxygen atoms in total. The fourth-order valence-corrected chi connectivity index (χ4v) is 2.73. The highest BCUT2D eigenvalue weighted by atomic mass is 16.7. The van der Waals surface area contributed by atoms with Crippen molar-refractivity contribution in [1.82, 2.24) is 0 Å². The third-order valence-electron chi connectivity index (χ3n) is 3.93. The molecule has 0 amide bonds. The number of hydrogen-bond donors (Lipinski definition) is 0. The number of rotatable bonds is 14. The largest absolute Gasteiger partial charge is 0.635 e. The first-order chi connectivity index (χ1) is 9.98. The number of hydroxylamine groups is 3. The Labute approximate surface area is 132 Å². The average molecular weight is 301 g/mol. The van der Waals surface area contributed by atoms with Crippen LogP contribution in [0.25, 0.3) is 0 Å². The van der Waals surface area contributed by atoms with Crippen LogP contribution in [0.2, 0.25) is 0 Å². The molecule has 21 heavy (non-hydrogen) atoms. The van der Waals surface area contributed by atoms with E-state index in [1.165, 1.54) is 77.6 Å². The quantitative estimate of drug-likeness (QED) is 0.190. The van der Waals surface area contributed by atoms with Gasteiger partial charge in [-0.25, -0.2) is 0 Å². The Kier molecular flexibility index (Phi) is 12.8. The minimum atomic E-state index is -0.195. The number of carbonyl (C=O) groups excluding carboxylic acids is 1. The molecule has 0 bridgehead atoms. The summed E-state index contributed by atoms with van der Waals surface area (Å²) in [6, 6.07) is 0. The van der Waals surface area contributed by atoms with Gasteiger partial charge >= 0.3 is 5.97 Å². The van der Waals surface area contributed by atoms with E-state index < -0.39 is 0 Å². The van der Waals surface area contributed by atoms with Gasteiger partial charge in [-0.3, -0.25) is 0 Å². The Hall–Kier alpha value is -0.570. The van der Waals surface area contributed by atoms with Crippen LogP contribution in [0.15, 0.2) is 0 Å². The maximum absolute atomic E-state index is 10.9. The van der Waals surface area contributed by atoms with E-state index in [0.717, 1.165) is 13.0 Å². The van der Waals surface area contributed by atoms with E-state index in [9.17, 15) is 4.79 Å².